The zero-order chi connectivity index (χ0) is 34.7. The van der Waals surface area contributed by atoms with Crippen molar-refractivity contribution < 1.29 is 35.9 Å². The molecule has 0 aromatic heterocycles. The third-order valence-corrected chi connectivity index (χ3v) is 13.0. The van der Waals surface area contributed by atoms with E-state index in [-0.39, 0.29) is 13.2 Å². The van der Waals surface area contributed by atoms with Crippen LogP contribution in [-0.4, -0.2) is 65.0 Å². The molecule has 2 aliphatic heterocycles. The molecule has 2 heterocycles. The number of benzene rings is 3. The van der Waals surface area contributed by atoms with Gasteiger partial charge in [-0.25, -0.2) is 16.8 Å². The Bertz CT molecular complexity index is 1830. The molecule has 3 aromatic rings. The number of nitrogens with zero attached hydrogens (tertiary/aromatic N) is 2. The van der Waals surface area contributed by atoms with Gasteiger partial charge in [-0.2, -0.15) is 10.5 Å². The summed E-state index contributed by atoms with van der Waals surface area (Å²) >= 11 is 0. The second kappa shape index (κ2) is 13.5. The number of hydrogen-bond acceptors (Lipinski definition) is 10. The third kappa shape index (κ3) is 6.11. The average molecular weight is 689 g/mol. The molecule has 0 aliphatic carbocycles. The van der Waals surface area contributed by atoms with Gasteiger partial charge < -0.3 is 9.47 Å². The molecule has 5 rings (SSSR count). The van der Waals surface area contributed by atoms with E-state index in [4.69, 9.17) is 9.47 Å². The first-order valence-corrected chi connectivity index (χ1v) is 19.3. The number of esters is 2. The van der Waals surface area contributed by atoms with Crippen LogP contribution in [0.3, 0.4) is 0 Å². The number of ether oxygens (including phenoxy) is 2. The molecule has 0 N–H and O–H groups in total. The van der Waals surface area contributed by atoms with Crippen molar-refractivity contribution in [3.8, 4) is 12.1 Å². The highest BCUT2D eigenvalue weighted by Gasteiger charge is 2.61. The Morgan fingerprint density at radius 2 is 0.854 bits per heavy atom. The minimum atomic E-state index is -3.77. The van der Waals surface area contributed by atoms with Crippen LogP contribution in [0.15, 0.2) is 84.9 Å². The van der Waals surface area contributed by atoms with Crippen LogP contribution in [0.5, 0.6) is 0 Å². The molecule has 2 saturated heterocycles. The molecular formula is C36H36N2O8S2. The lowest BCUT2D eigenvalue weighted by atomic mass is 9.62. The highest BCUT2D eigenvalue weighted by molar-refractivity contribution is 7.91. The standard InChI is InChI=1S/C36H36N2O8S2/c1-3-45-33(39)35(23-37)29(25-11-7-5-8-12-25)19-47(41,42)21-31(35)27-15-17-28(18-16-27)32-22-48(43,44)20-30(26-13-9-6-10-14-26)36(32,24-38)34(40)46-4-2/h5-18,29-32H,3-4,19-22H2,1-2H3. The minimum absolute atomic E-state index is 0.0228. The molecule has 3 aromatic carbocycles. The summed E-state index contributed by atoms with van der Waals surface area (Å²) in [6.07, 6.45) is 0. The molecule has 0 amide bonds. The molecule has 6 atom stereocenters. The summed E-state index contributed by atoms with van der Waals surface area (Å²) in [6, 6.07) is 27.6. The molecule has 0 saturated carbocycles. The Hall–Kier alpha value is -4.52. The van der Waals surface area contributed by atoms with Crippen molar-refractivity contribution in [2.24, 2.45) is 10.8 Å². The SMILES string of the molecule is CCOC(=O)C1(C#N)C(c2ccccc2)CS(=O)(=O)CC1c1ccc(C2CS(=O)(=O)CC(c3ccccc3)C2(C#N)C(=O)OCC)cc1. The van der Waals surface area contributed by atoms with E-state index in [2.05, 4.69) is 12.1 Å². The normalized spacial score (nSPS) is 29.0. The molecule has 250 valence electrons. The predicted octanol–water partition coefficient (Wildman–Crippen LogP) is 4.42. The highest BCUT2D eigenvalue weighted by Crippen LogP contribution is 2.55. The smallest absolute Gasteiger partial charge is 0.327 e. The maximum Gasteiger partial charge on any atom is 0.327 e. The molecule has 0 bridgehead atoms. The maximum absolute atomic E-state index is 13.8. The van der Waals surface area contributed by atoms with E-state index in [0.717, 1.165) is 0 Å². The molecule has 10 nitrogen and oxygen atoms in total. The van der Waals surface area contributed by atoms with Crippen molar-refractivity contribution in [1.29, 1.82) is 10.5 Å². The van der Waals surface area contributed by atoms with E-state index in [9.17, 15) is 36.9 Å². The lowest BCUT2D eigenvalue weighted by Crippen LogP contribution is -2.52. The zero-order valence-corrected chi connectivity index (χ0v) is 28.2. The highest BCUT2D eigenvalue weighted by atomic mass is 32.2. The Morgan fingerprint density at radius 3 is 1.10 bits per heavy atom. The third-order valence-electron chi connectivity index (χ3n) is 9.62. The van der Waals surface area contributed by atoms with Gasteiger partial charge in [0.15, 0.2) is 30.5 Å². The van der Waals surface area contributed by atoms with Crippen LogP contribution in [0.2, 0.25) is 0 Å². The number of hydrogen-bond donors (Lipinski definition) is 0. The van der Waals surface area contributed by atoms with Gasteiger partial charge in [0, 0.05) is 23.7 Å². The summed E-state index contributed by atoms with van der Waals surface area (Å²) in [5, 5.41) is 21.5. The van der Waals surface area contributed by atoms with E-state index in [1.807, 2.05) is 0 Å². The Labute approximate surface area is 281 Å². The largest absolute Gasteiger partial charge is 0.465 e. The van der Waals surface area contributed by atoms with E-state index in [1.165, 1.54) is 0 Å². The van der Waals surface area contributed by atoms with Crippen molar-refractivity contribution in [3.63, 3.8) is 0 Å². The van der Waals surface area contributed by atoms with E-state index >= 15 is 0 Å². The molecule has 6 unspecified atom stereocenters. The lowest BCUT2D eigenvalue weighted by molar-refractivity contribution is -0.155. The molecule has 48 heavy (non-hydrogen) atoms. The fourth-order valence-corrected chi connectivity index (χ4v) is 11.5. The Balaban J connectivity index is 1.67. The van der Waals surface area contributed by atoms with Crippen LogP contribution in [0.1, 0.15) is 59.8 Å². The van der Waals surface area contributed by atoms with E-state index in [1.54, 1.807) is 98.8 Å². The quantitative estimate of drug-likeness (QED) is 0.309. The summed E-state index contributed by atoms with van der Waals surface area (Å²) in [5.41, 5.74) is -2.12. The van der Waals surface area contributed by atoms with Crippen LogP contribution >= 0.6 is 0 Å². The monoisotopic (exact) mass is 688 g/mol. The number of rotatable bonds is 8. The first-order chi connectivity index (χ1) is 22.9. The van der Waals surface area contributed by atoms with Gasteiger partial charge in [0.05, 0.1) is 48.4 Å². The molecule has 0 spiro atoms. The topological polar surface area (TPSA) is 168 Å². The second-order valence-electron chi connectivity index (χ2n) is 12.3. The molecule has 12 heteroatoms. The summed E-state index contributed by atoms with van der Waals surface area (Å²) in [7, 11) is -7.55. The second-order valence-corrected chi connectivity index (χ2v) is 16.6. The molecule has 0 radical (unpaired) electrons. The Morgan fingerprint density at radius 1 is 0.583 bits per heavy atom. The fourth-order valence-electron chi connectivity index (χ4n) is 7.40. The van der Waals surface area contributed by atoms with E-state index < -0.39 is 89.1 Å². The first kappa shape index (κ1) is 34.8. The minimum Gasteiger partial charge on any atom is -0.465 e. The number of nitriles is 2. The van der Waals surface area contributed by atoms with Gasteiger partial charge in [-0.15, -0.1) is 0 Å². The van der Waals surface area contributed by atoms with Crippen molar-refractivity contribution in [2.75, 3.05) is 36.2 Å². The molecule has 2 aliphatic rings. The van der Waals surface area contributed by atoms with Gasteiger partial charge in [0.2, 0.25) is 0 Å². The first-order valence-electron chi connectivity index (χ1n) is 15.7. The summed E-state index contributed by atoms with van der Waals surface area (Å²) < 4.78 is 64.5. The fraction of sp³-hybridized carbons (Fsp3) is 0.389. The predicted molar refractivity (Wildman–Crippen MR) is 177 cm³/mol. The van der Waals surface area contributed by atoms with Gasteiger partial charge >= 0.3 is 11.9 Å². The van der Waals surface area contributed by atoms with Gasteiger partial charge in [0.25, 0.3) is 0 Å². The average Bonchev–Trinajstić information content (AvgIpc) is 3.08. The lowest BCUT2D eigenvalue weighted by Gasteiger charge is -2.44. The van der Waals surface area contributed by atoms with Crippen molar-refractivity contribution >= 4 is 31.6 Å². The van der Waals surface area contributed by atoms with Crippen LogP contribution in [0.4, 0.5) is 0 Å². The van der Waals surface area contributed by atoms with Gasteiger partial charge in [-0.1, -0.05) is 84.9 Å². The molecule has 2 fully saturated rings. The van der Waals surface area contributed by atoms with Gasteiger partial charge in [-0.3, -0.25) is 9.59 Å². The number of carbonyl (C=O) groups excluding carboxylic acids is 2. The van der Waals surface area contributed by atoms with Crippen molar-refractivity contribution in [1.82, 2.24) is 0 Å². The summed E-state index contributed by atoms with van der Waals surface area (Å²) in [4.78, 5) is 27.5. The van der Waals surface area contributed by atoms with Crippen LogP contribution < -0.4 is 0 Å². The van der Waals surface area contributed by atoms with Crippen LogP contribution in [0, 0.1) is 33.5 Å². The number of sulfone groups is 2. The summed E-state index contributed by atoms with van der Waals surface area (Å²) in [5.74, 6) is -7.86. The van der Waals surface area contributed by atoms with E-state index in [0.29, 0.717) is 22.3 Å². The summed E-state index contributed by atoms with van der Waals surface area (Å²) in [6.45, 7) is 3.17. The van der Waals surface area contributed by atoms with Crippen LogP contribution in [0.25, 0.3) is 0 Å². The zero-order valence-electron chi connectivity index (χ0n) is 26.6. The van der Waals surface area contributed by atoms with Crippen molar-refractivity contribution in [2.45, 2.75) is 37.5 Å². The van der Waals surface area contributed by atoms with Gasteiger partial charge in [0.1, 0.15) is 0 Å². The Kier molecular flexibility index (Phi) is 9.82. The van der Waals surface area contributed by atoms with Crippen molar-refractivity contribution in [3.05, 3.63) is 107 Å². The van der Waals surface area contributed by atoms with Gasteiger partial charge in [-0.05, 0) is 36.1 Å². The maximum atomic E-state index is 13.8. The number of carbonyl (C=O) groups is 2. The molecular weight excluding hydrogens is 653 g/mol. The van der Waals surface area contributed by atoms with Crippen LogP contribution in [-0.2, 0) is 38.7 Å².